The van der Waals surface area contributed by atoms with Crippen LogP contribution in [0, 0.1) is 5.53 Å². The molecule has 0 saturated carbocycles. The average Bonchev–Trinajstić information content (AvgIpc) is 2.50. The van der Waals surface area contributed by atoms with Crippen molar-refractivity contribution in [2.45, 2.75) is 58.3 Å². The maximum Gasteiger partial charge on any atom is 0.303 e. The third-order valence-corrected chi connectivity index (χ3v) is 3.14. The third kappa shape index (κ3) is 6.22. The molecule has 1 saturated heterocycles. The number of carbonyl (C=O) groups is 4. The van der Waals surface area contributed by atoms with E-state index in [-0.39, 0.29) is 6.61 Å². The number of carbonyl (C=O) groups excluding carboxylic acids is 4. The lowest BCUT2D eigenvalue weighted by Crippen LogP contribution is -2.61. The number of nitrogens with zero attached hydrogens (tertiary/aromatic N) is 2. The van der Waals surface area contributed by atoms with Crippen LogP contribution in [-0.4, -0.2) is 61.1 Å². The predicted molar refractivity (Wildman–Crippen MR) is 79.2 cm³/mol. The van der Waals surface area contributed by atoms with Crippen molar-refractivity contribution in [3.8, 4) is 0 Å². The molecule has 0 aromatic heterocycles. The van der Waals surface area contributed by atoms with E-state index in [1.807, 2.05) is 0 Å². The number of hydrogen-bond acceptors (Lipinski definition) is 11. The van der Waals surface area contributed by atoms with Crippen LogP contribution in [0.4, 0.5) is 0 Å². The van der Waals surface area contributed by atoms with Crippen LogP contribution in [0.2, 0.25) is 0 Å². The van der Waals surface area contributed by atoms with Crippen molar-refractivity contribution in [3.63, 3.8) is 0 Å². The Kier molecular flexibility index (Phi) is 7.81. The molecule has 0 spiro atoms. The summed E-state index contributed by atoms with van der Waals surface area (Å²) in [5.41, 5.74) is 6.88. The van der Waals surface area contributed by atoms with Gasteiger partial charge in [-0.1, -0.05) is 0 Å². The molecule has 0 radical (unpaired) electrons. The Hall–Kier alpha value is -2.85. The van der Waals surface area contributed by atoms with Crippen LogP contribution in [-0.2, 0) is 42.9 Å². The number of hydrogen-bond donors (Lipinski definition) is 1. The summed E-state index contributed by atoms with van der Waals surface area (Å²) in [5.74, 6) is -2.86. The standard InChI is InChI=1S/C14H20N3O9/c1-6(18)22-5-10-11(23-7(2)19)12(24-8(3)20)13(25-9(4)21)14(26-10)16-17-15/h10-15H,5H2,1-4H3/q+1/t10-,11+,12+,13-,14-/m1/s1. The second-order valence-electron chi connectivity index (χ2n) is 5.31. The molecule has 12 nitrogen and oxygen atoms in total. The van der Waals surface area contributed by atoms with Gasteiger partial charge in [0.2, 0.25) is 4.91 Å². The summed E-state index contributed by atoms with van der Waals surface area (Å²) in [6.45, 7) is 4.13. The minimum absolute atomic E-state index is 0.359. The molecule has 144 valence electrons. The molecule has 1 fully saturated rings. The average molecular weight is 374 g/mol. The van der Waals surface area contributed by atoms with Gasteiger partial charge in [-0.05, 0) is 0 Å². The van der Waals surface area contributed by atoms with Gasteiger partial charge in [-0.15, -0.1) is 0 Å². The molecule has 0 bridgehead atoms. The molecule has 26 heavy (non-hydrogen) atoms. The summed E-state index contributed by atoms with van der Waals surface area (Å²) in [5, 5.41) is 3.49. The van der Waals surface area contributed by atoms with Gasteiger partial charge >= 0.3 is 23.9 Å². The minimum Gasteiger partial charge on any atom is -0.463 e. The zero-order valence-corrected chi connectivity index (χ0v) is 14.7. The minimum atomic E-state index is -1.34. The molecule has 0 unspecified atom stereocenters. The van der Waals surface area contributed by atoms with Crippen molar-refractivity contribution in [1.82, 2.24) is 4.91 Å². The zero-order chi connectivity index (χ0) is 19.9. The van der Waals surface area contributed by atoms with Crippen LogP contribution in [0.5, 0.6) is 0 Å². The number of esters is 4. The largest absolute Gasteiger partial charge is 0.463 e. The maximum atomic E-state index is 11.5. The zero-order valence-electron chi connectivity index (χ0n) is 14.7. The van der Waals surface area contributed by atoms with Gasteiger partial charge in [-0.2, -0.15) is 0 Å². The quantitative estimate of drug-likeness (QED) is 0.282. The van der Waals surface area contributed by atoms with E-state index >= 15 is 0 Å². The van der Waals surface area contributed by atoms with Gasteiger partial charge in [0.1, 0.15) is 18.2 Å². The van der Waals surface area contributed by atoms with Gasteiger partial charge in [-0.3, -0.25) is 19.2 Å². The SMILES string of the molecule is CC(=O)OC[C@H]1O[C@@H](N=[N+]=N)[C@H](OC(C)=O)[C@@H](OC(C)=O)[C@H]1OC(C)=O. The van der Waals surface area contributed by atoms with E-state index in [9.17, 15) is 19.2 Å². The van der Waals surface area contributed by atoms with E-state index in [1.54, 1.807) is 0 Å². The molecule has 1 N–H and O–H groups in total. The highest BCUT2D eigenvalue weighted by atomic mass is 16.7. The highest BCUT2D eigenvalue weighted by Crippen LogP contribution is 2.29. The molecular formula is C14H20N3O9+. The monoisotopic (exact) mass is 374 g/mol. The Balaban J connectivity index is 3.28. The van der Waals surface area contributed by atoms with Gasteiger partial charge in [0, 0.05) is 27.7 Å². The molecular weight excluding hydrogens is 354 g/mol. The van der Waals surface area contributed by atoms with Crippen LogP contribution >= 0.6 is 0 Å². The lowest BCUT2D eigenvalue weighted by molar-refractivity contribution is -0.252. The van der Waals surface area contributed by atoms with E-state index in [1.165, 1.54) is 0 Å². The van der Waals surface area contributed by atoms with Crippen molar-refractivity contribution in [2.75, 3.05) is 6.61 Å². The topological polar surface area (TPSA) is 165 Å². The fraction of sp³-hybridized carbons (Fsp3) is 0.714. The lowest BCUT2D eigenvalue weighted by atomic mass is 9.97. The Morgan fingerprint density at radius 3 is 1.85 bits per heavy atom. The van der Waals surface area contributed by atoms with E-state index in [0.717, 1.165) is 27.7 Å². The molecule has 0 aromatic rings. The van der Waals surface area contributed by atoms with E-state index < -0.39 is 54.5 Å². The predicted octanol–water partition coefficient (Wildman–Crippen LogP) is -0.380. The first-order chi connectivity index (χ1) is 12.1. The van der Waals surface area contributed by atoms with E-state index in [2.05, 4.69) is 10.0 Å². The second-order valence-corrected chi connectivity index (χ2v) is 5.31. The molecule has 1 aliphatic heterocycles. The Morgan fingerprint density at radius 2 is 1.38 bits per heavy atom. The summed E-state index contributed by atoms with van der Waals surface area (Å²) in [6, 6.07) is 0. The van der Waals surface area contributed by atoms with Crippen LogP contribution in [0.25, 0.3) is 0 Å². The number of nitrogens with one attached hydrogen (secondary N) is 1. The summed E-state index contributed by atoms with van der Waals surface area (Å²) in [4.78, 5) is 48.3. The Bertz CT molecular complexity index is 617. The first-order valence-corrected chi connectivity index (χ1v) is 7.52. The van der Waals surface area contributed by atoms with Gasteiger partial charge in [0.15, 0.2) is 23.4 Å². The maximum absolute atomic E-state index is 11.5. The van der Waals surface area contributed by atoms with Gasteiger partial charge in [0.25, 0.3) is 6.23 Å². The molecule has 1 heterocycles. The van der Waals surface area contributed by atoms with Crippen LogP contribution in [0.3, 0.4) is 0 Å². The summed E-state index contributed by atoms with van der Waals surface area (Å²) in [7, 11) is 0. The van der Waals surface area contributed by atoms with Gasteiger partial charge in [-0.25, -0.2) is 0 Å². The van der Waals surface area contributed by atoms with E-state index in [4.69, 9.17) is 29.2 Å². The second kappa shape index (κ2) is 9.59. The van der Waals surface area contributed by atoms with Crippen LogP contribution in [0.15, 0.2) is 5.11 Å². The Morgan fingerprint density at radius 1 is 0.885 bits per heavy atom. The molecule has 1 rings (SSSR count). The summed E-state index contributed by atoms with van der Waals surface area (Å²) < 4.78 is 25.8. The number of rotatable bonds is 6. The van der Waals surface area contributed by atoms with Crippen molar-refractivity contribution in [2.24, 2.45) is 5.11 Å². The van der Waals surface area contributed by atoms with Crippen LogP contribution < -0.4 is 4.91 Å². The first-order valence-electron chi connectivity index (χ1n) is 7.52. The summed E-state index contributed by atoms with van der Waals surface area (Å²) >= 11 is 0. The van der Waals surface area contributed by atoms with Crippen molar-refractivity contribution < 1.29 is 42.9 Å². The molecule has 0 aliphatic carbocycles. The summed E-state index contributed by atoms with van der Waals surface area (Å²) in [6.07, 6.45) is -6.34. The normalized spacial score (nSPS) is 27.5. The lowest BCUT2D eigenvalue weighted by Gasteiger charge is -2.41. The van der Waals surface area contributed by atoms with Crippen molar-refractivity contribution >= 4 is 23.9 Å². The fourth-order valence-electron chi connectivity index (χ4n) is 2.36. The van der Waals surface area contributed by atoms with E-state index in [0.29, 0.717) is 0 Å². The third-order valence-electron chi connectivity index (χ3n) is 3.14. The molecule has 0 amide bonds. The number of ether oxygens (including phenoxy) is 5. The molecule has 12 heteroatoms. The highest BCUT2D eigenvalue weighted by molar-refractivity contribution is 5.68. The highest BCUT2D eigenvalue weighted by Gasteiger charge is 2.54. The van der Waals surface area contributed by atoms with Crippen molar-refractivity contribution in [3.05, 3.63) is 0 Å². The molecule has 1 aliphatic rings. The van der Waals surface area contributed by atoms with Gasteiger partial charge < -0.3 is 23.7 Å². The van der Waals surface area contributed by atoms with Gasteiger partial charge in [0.05, 0.1) is 0 Å². The molecule has 0 aromatic carbocycles. The van der Waals surface area contributed by atoms with Crippen molar-refractivity contribution in [1.29, 1.82) is 5.53 Å². The first kappa shape index (κ1) is 21.2. The smallest absolute Gasteiger partial charge is 0.303 e. The molecule has 5 atom stereocenters. The Labute approximate surface area is 148 Å². The van der Waals surface area contributed by atoms with Crippen LogP contribution in [0.1, 0.15) is 27.7 Å². The fourth-order valence-corrected chi connectivity index (χ4v) is 2.36.